The molecule has 6 heteroatoms. The maximum atomic E-state index is 12.2. The maximum Gasteiger partial charge on any atom is 0.401 e. The standard InChI is InChI=1S/C10H20F3NO2/c1-8(16)9(2,3)6-14(4-5-15)7-10(11,12)13/h8,15-16H,4-7H2,1-3H3. The van der Waals surface area contributed by atoms with Crippen molar-refractivity contribution in [3.05, 3.63) is 0 Å². The molecule has 0 aliphatic rings. The lowest BCUT2D eigenvalue weighted by Crippen LogP contribution is -2.45. The largest absolute Gasteiger partial charge is 0.401 e. The van der Waals surface area contributed by atoms with Gasteiger partial charge in [0.2, 0.25) is 0 Å². The number of nitrogens with zero attached hydrogens (tertiary/aromatic N) is 1. The van der Waals surface area contributed by atoms with Crippen molar-refractivity contribution in [2.75, 3.05) is 26.2 Å². The van der Waals surface area contributed by atoms with Crippen molar-refractivity contribution in [3.63, 3.8) is 0 Å². The van der Waals surface area contributed by atoms with E-state index in [1.807, 2.05) is 0 Å². The van der Waals surface area contributed by atoms with Gasteiger partial charge in [-0.2, -0.15) is 13.2 Å². The van der Waals surface area contributed by atoms with Crippen LogP contribution in [0.3, 0.4) is 0 Å². The highest BCUT2D eigenvalue weighted by atomic mass is 19.4. The molecule has 0 aromatic heterocycles. The second-order valence-electron chi connectivity index (χ2n) is 4.71. The first-order valence-corrected chi connectivity index (χ1v) is 5.16. The van der Waals surface area contributed by atoms with E-state index < -0.39 is 24.2 Å². The molecule has 0 fully saturated rings. The van der Waals surface area contributed by atoms with E-state index in [-0.39, 0.29) is 19.7 Å². The molecule has 0 saturated heterocycles. The van der Waals surface area contributed by atoms with Gasteiger partial charge in [-0.05, 0) is 6.92 Å². The molecule has 1 unspecified atom stereocenters. The van der Waals surface area contributed by atoms with E-state index in [0.29, 0.717) is 0 Å². The molecule has 0 aromatic carbocycles. The average Bonchev–Trinajstić information content (AvgIpc) is 1.99. The van der Waals surface area contributed by atoms with E-state index in [2.05, 4.69) is 0 Å². The molecule has 0 radical (unpaired) electrons. The zero-order valence-corrected chi connectivity index (χ0v) is 9.88. The van der Waals surface area contributed by atoms with Crippen LogP contribution < -0.4 is 0 Å². The van der Waals surface area contributed by atoms with Crippen LogP contribution in [0.2, 0.25) is 0 Å². The molecule has 3 nitrogen and oxygen atoms in total. The van der Waals surface area contributed by atoms with Crippen LogP contribution in [-0.4, -0.2) is 53.6 Å². The molecule has 0 aliphatic carbocycles. The number of alkyl halides is 3. The molecule has 0 bridgehead atoms. The molecule has 98 valence electrons. The third kappa shape index (κ3) is 6.30. The van der Waals surface area contributed by atoms with Crippen molar-refractivity contribution in [2.45, 2.75) is 33.1 Å². The zero-order chi connectivity index (χ0) is 13.0. The van der Waals surface area contributed by atoms with Crippen molar-refractivity contribution in [1.82, 2.24) is 4.90 Å². The molecular weight excluding hydrogens is 223 g/mol. The van der Waals surface area contributed by atoms with Crippen LogP contribution in [0.4, 0.5) is 13.2 Å². The molecule has 0 saturated carbocycles. The molecule has 0 heterocycles. The third-order valence-electron chi connectivity index (χ3n) is 2.58. The molecule has 0 spiro atoms. The van der Waals surface area contributed by atoms with Crippen molar-refractivity contribution in [1.29, 1.82) is 0 Å². The topological polar surface area (TPSA) is 43.7 Å². The minimum Gasteiger partial charge on any atom is -0.395 e. The highest BCUT2D eigenvalue weighted by molar-refractivity contribution is 4.79. The van der Waals surface area contributed by atoms with Gasteiger partial charge in [0.05, 0.1) is 19.3 Å². The summed E-state index contributed by atoms with van der Waals surface area (Å²) in [5.41, 5.74) is -0.638. The molecule has 1 atom stereocenters. The number of aliphatic hydroxyl groups excluding tert-OH is 2. The fourth-order valence-electron chi connectivity index (χ4n) is 1.32. The summed E-state index contributed by atoms with van der Waals surface area (Å²) in [4.78, 5) is 1.10. The number of hydrogen-bond acceptors (Lipinski definition) is 3. The Kier molecular flexibility index (Phi) is 5.72. The molecular formula is C10H20F3NO2. The summed E-state index contributed by atoms with van der Waals surface area (Å²) in [6.45, 7) is 3.58. The van der Waals surface area contributed by atoms with Crippen LogP contribution in [0.25, 0.3) is 0 Å². The predicted octanol–water partition coefficient (Wildman–Crippen LogP) is 1.25. The summed E-state index contributed by atoms with van der Waals surface area (Å²) in [5, 5.41) is 18.1. The minimum atomic E-state index is -4.29. The molecule has 16 heavy (non-hydrogen) atoms. The lowest BCUT2D eigenvalue weighted by Gasteiger charge is -2.34. The summed E-state index contributed by atoms with van der Waals surface area (Å²) in [6.07, 6.45) is -4.99. The summed E-state index contributed by atoms with van der Waals surface area (Å²) >= 11 is 0. The van der Waals surface area contributed by atoms with Gasteiger partial charge >= 0.3 is 6.18 Å². The van der Waals surface area contributed by atoms with Crippen molar-refractivity contribution < 1.29 is 23.4 Å². The second kappa shape index (κ2) is 5.84. The fraction of sp³-hybridized carbons (Fsp3) is 1.00. The second-order valence-corrected chi connectivity index (χ2v) is 4.71. The van der Waals surface area contributed by atoms with E-state index in [1.54, 1.807) is 20.8 Å². The number of halogens is 3. The van der Waals surface area contributed by atoms with Gasteiger partial charge in [0.25, 0.3) is 0 Å². The van der Waals surface area contributed by atoms with Crippen LogP contribution in [0.15, 0.2) is 0 Å². The summed E-state index contributed by atoms with van der Waals surface area (Å²) in [7, 11) is 0. The Labute approximate surface area is 93.9 Å². The highest BCUT2D eigenvalue weighted by Gasteiger charge is 2.34. The van der Waals surface area contributed by atoms with Crippen molar-refractivity contribution in [2.24, 2.45) is 5.41 Å². The minimum absolute atomic E-state index is 0.0460. The molecule has 0 amide bonds. The van der Waals surface area contributed by atoms with Gasteiger partial charge in [-0.1, -0.05) is 13.8 Å². The zero-order valence-electron chi connectivity index (χ0n) is 9.88. The summed E-state index contributed by atoms with van der Waals surface area (Å²) in [5.74, 6) is 0. The molecule has 0 aliphatic heterocycles. The van der Waals surface area contributed by atoms with Crippen LogP contribution in [-0.2, 0) is 0 Å². The van der Waals surface area contributed by atoms with Gasteiger partial charge in [0, 0.05) is 18.5 Å². The van der Waals surface area contributed by atoms with E-state index in [9.17, 15) is 18.3 Å². The highest BCUT2D eigenvalue weighted by Crippen LogP contribution is 2.24. The number of hydrogen-bond donors (Lipinski definition) is 2. The Hall–Kier alpha value is -0.330. The smallest absolute Gasteiger partial charge is 0.395 e. The van der Waals surface area contributed by atoms with Crippen molar-refractivity contribution >= 4 is 0 Å². The predicted molar refractivity (Wildman–Crippen MR) is 55.0 cm³/mol. The van der Waals surface area contributed by atoms with Crippen LogP contribution in [0.1, 0.15) is 20.8 Å². The number of aliphatic hydroxyl groups is 2. The normalized spacial score (nSPS) is 15.6. The average molecular weight is 243 g/mol. The first kappa shape index (κ1) is 15.7. The van der Waals surface area contributed by atoms with E-state index in [0.717, 1.165) is 4.90 Å². The Morgan fingerprint density at radius 3 is 2.00 bits per heavy atom. The number of rotatable bonds is 6. The SMILES string of the molecule is CC(O)C(C)(C)CN(CCO)CC(F)(F)F. The Bertz CT molecular complexity index is 205. The summed E-state index contributed by atoms with van der Waals surface area (Å²) in [6, 6.07) is 0. The van der Waals surface area contributed by atoms with Crippen LogP contribution in [0, 0.1) is 5.41 Å². The fourth-order valence-corrected chi connectivity index (χ4v) is 1.32. The first-order chi connectivity index (χ1) is 7.08. The van der Waals surface area contributed by atoms with Crippen molar-refractivity contribution in [3.8, 4) is 0 Å². The van der Waals surface area contributed by atoms with Gasteiger partial charge in [0.15, 0.2) is 0 Å². The Morgan fingerprint density at radius 1 is 1.19 bits per heavy atom. The molecule has 2 N–H and O–H groups in total. The molecule has 0 aromatic rings. The van der Waals surface area contributed by atoms with E-state index in [1.165, 1.54) is 0 Å². The Morgan fingerprint density at radius 2 is 1.69 bits per heavy atom. The summed E-state index contributed by atoms with van der Waals surface area (Å²) < 4.78 is 36.7. The maximum absolute atomic E-state index is 12.2. The Balaban J connectivity index is 4.44. The lowest BCUT2D eigenvalue weighted by atomic mass is 9.87. The quantitative estimate of drug-likeness (QED) is 0.738. The van der Waals surface area contributed by atoms with E-state index >= 15 is 0 Å². The van der Waals surface area contributed by atoms with Crippen LogP contribution >= 0.6 is 0 Å². The van der Waals surface area contributed by atoms with Gasteiger partial charge < -0.3 is 10.2 Å². The third-order valence-corrected chi connectivity index (χ3v) is 2.58. The molecule has 0 rings (SSSR count). The lowest BCUT2D eigenvalue weighted by molar-refractivity contribution is -0.151. The first-order valence-electron chi connectivity index (χ1n) is 5.16. The van der Waals surface area contributed by atoms with Gasteiger partial charge in [-0.15, -0.1) is 0 Å². The monoisotopic (exact) mass is 243 g/mol. The van der Waals surface area contributed by atoms with Crippen LogP contribution in [0.5, 0.6) is 0 Å². The van der Waals surface area contributed by atoms with E-state index in [4.69, 9.17) is 5.11 Å². The van der Waals surface area contributed by atoms with Gasteiger partial charge in [-0.3, -0.25) is 4.90 Å². The van der Waals surface area contributed by atoms with Gasteiger partial charge in [-0.25, -0.2) is 0 Å². The van der Waals surface area contributed by atoms with Gasteiger partial charge in [0.1, 0.15) is 0 Å².